The zero-order valence-corrected chi connectivity index (χ0v) is 7.79. The zero-order valence-electron chi connectivity index (χ0n) is 6.97. The fourth-order valence-electron chi connectivity index (χ4n) is 1.30. The van der Waals surface area contributed by atoms with Crippen LogP contribution in [0.5, 0.6) is 0 Å². The van der Waals surface area contributed by atoms with Gasteiger partial charge in [-0.05, 0) is 12.1 Å². The average molecular weight is 198 g/mol. The van der Waals surface area contributed by atoms with Gasteiger partial charge in [0.15, 0.2) is 9.84 Å². The number of anilines is 1. The number of hydrogen-bond donors (Lipinski definition) is 1. The molecule has 1 aromatic heterocycles. The number of sulfone groups is 1. The summed E-state index contributed by atoms with van der Waals surface area (Å²) in [4.78, 5) is 4.04. The molecular formula is C8H10N2O2S. The first kappa shape index (κ1) is 8.50. The molecule has 2 heterocycles. The van der Waals surface area contributed by atoms with Gasteiger partial charge in [0.1, 0.15) is 5.82 Å². The molecule has 1 aromatic rings. The van der Waals surface area contributed by atoms with Gasteiger partial charge in [-0.25, -0.2) is 13.4 Å². The summed E-state index contributed by atoms with van der Waals surface area (Å²) in [7, 11) is -2.74. The Labute approximate surface area is 76.9 Å². The van der Waals surface area contributed by atoms with Gasteiger partial charge in [-0.15, -0.1) is 0 Å². The molecule has 1 aliphatic heterocycles. The highest BCUT2D eigenvalue weighted by Gasteiger charge is 2.33. The lowest BCUT2D eigenvalue weighted by molar-refractivity contribution is 0.570. The molecule has 0 amide bonds. The Morgan fingerprint density at radius 2 is 2.15 bits per heavy atom. The minimum atomic E-state index is -2.74. The molecule has 0 radical (unpaired) electrons. The maximum absolute atomic E-state index is 10.8. The van der Waals surface area contributed by atoms with Crippen LogP contribution in [-0.2, 0) is 9.84 Å². The molecule has 0 aliphatic carbocycles. The molecule has 2 rings (SSSR count). The number of pyridine rings is 1. The van der Waals surface area contributed by atoms with Crippen molar-refractivity contribution >= 4 is 15.7 Å². The summed E-state index contributed by atoms with van der Waals surface area (Å²) in [6.07, 6.45) is 1.68. The van der Waals surface area contributed by atoms with Crippen LogP contribution in [0.3, 0.4) is 0 Å². The van der Waals surface area contributed by atoms with Gasteiger partial charge in [0.05, 0.1) is 17.5 Å². The highest BCUT2D eigenvalue weighted by atomic mass is 32.2. The number of hydrogen-bond acceptors (Lipinski definition) is 4. The van der Waals surface area contributed by atoms with Gasteiger partial charge >= 0.3 is 0 Å². The number of nitrogens with zero attached hydrogens (tertiary/aromatic N) is 1. The number of aromatic nitrogens is 1. The molecular weight excluding hydrogens is 188 g/mol. The molecule has 0 bridgehead atoms. The second-order valence-electron chi connectivity index (χ2n) is 3.13. The second-order valence-corrected chi connectivity index (χ2v) is 5.29. The van der Waals surface area contributed by atoms with Crippen LogP contribution in [0.15, 0.2) is 24.4 Å². The molecule has 1 saturated heterocycles. The lowest BCUT2D eigenvalue weighted by atomic mass is 10.3. The summed E-state index contributed by atoms with van der Waals surface area (Å²) >= 11 is 0. The Bertz CT molecular complexity index is 376. The van der Waals surface area contributed by atoms with Gasteiger partial charge in [-0.2, -0.15) is 0 Å². The molecule has 1 fully saturated rings. The first-order valence-corrected chi connectivity index (χ1v) is 5.86. The summed E-state index contributed by atoms with van der Waals surface area (Å²) in [5.41, 5.74) is 0. The van der Waals surface area contributed by atoms with Crippen LogP contribution in [0, 0.1) is 0 Å². The van der Waals surface area contributed by atoms with E-state index in [4.69, 9.17) is 0 Å². The maximum atomic E-state index is 10.8. The molecule has 0 aromatic carbocycles. The van der Waals surface area contributed by atoms with Gasteiger partial charge < -0.3 is 5.32 Å². The molecule has 0 spiro atoms. The Morgan fingerprint density at radius 1 is 1.38 bits per heavy atom. The molecule has 0 unspecified atom stereocenters. The topological polar surface area (TPSA) is 59.1 Å². The van der Waals surface area contributed by atoms with E-state index in [9.17, 15) is 8.42 Å². The Morgan fingerprint density at radius 3 is 2.69 bits per heavy atom. The van der Waals surface area contributed by atoms with E-state index in [1.807, 2.05) is 18.2 Å². The van der Waals surface area contributed by atoms with Crippen molar-refractivity contribution in [3.8, 4) is 0 Å². The zero-order chi connectivity index (χ0) is 9.31. The predicted octanol–water partition coefficient (Wildman–Crippen LogP) is 0.291. The van der Waals surface area contributed by atoms with Crippen molar-refractivity contribution in [3.05, 3.63) is 24.4 Å². The molecule has 0 atom stereocenters. The van der Waals surface area contributed by atoms with Crippen molar-refractivity contribution in [3.63, 3.8) is 0 Å². The Balaban J connectivity index is 1.95. The third-order valence-electron chi connectivity index (χ3n) is 1.93. The summed E-state index contributed by atoms with van der Waals surface area (Å²) in [6.45, 7) is 0. The normalized spacial score (nSPS) is 20.6. The van der Waals surface area contributed by atoms with Crippen molar-refractivity contribution in [2.75, 3.05) is 16.8 Å². The summed E-state index contributed by atoms with van der Waals surface area (Å²) in [6, 6.07) is 5.55. The summed E-state index contributed by atoms with van der Waals surface area (Å²) in [5.74, 6) is 1.19. The molecule has 1 N–H and O–H groups in total. The summed E-state index contributed by atoms with van der Waals surface area (Å²) < 4.78 is 21.7. The van der Waals surface area contributed by atoms with Gasteiger partial charge in [0.2, 0.25) is 0 Å². The highest BCUT2D eigenvalue weighted by Crippen LogP contribution is 2.14. The molecule has 4 nitrogen and oxygen atoms in total. The Hall–Kier alpha value is -1.10. The van der Waals surface area contributed by atoms with Gasteiger partial charge in [-0.3, -0.25) is 0 Å². The van der Waals surface area contributed by atoms with Crippen molar-refractivity contribution in [1.29, 1.82) is 0 Å². The fourth-order valence-corrected chi connectivity index (χ4v) is 2.60. The summed E-state index contributed by atoms with van der Waals surface area (Å²) in [5, 5.41) is 3.04. The van der Waals surface area contributed by atoms with Crippen LogP contribution in [-0.4, -0.2) is 30.9 Å². The third kappa shape index (κ3) is 1.98. The van der Waals surface area contributed by atoms with E-state index in [0.29, 0.717) is 0 Å². The maximum Gasteiger partial charge on any atom is 0.154 e. The average Bonchev–Trinajstić information content (AvgIpc) is 2.03. The standard InChI is InChI=1S/C8H10N2O2S/c11-13(12)5-7(6-13)10-8-3-1-2-4-9-8/h1-4,7H,5-6H2,(H,9,10). The molecule has 0 saturated carbocycles. The van der Waals surface area contributed by atoms with E-state index in [2.05, 4.69) is 10.3 Å². The number of nitrogens with one attached hydrogen (secondary N) is 1. The van der Waals surface area contributed by atoms with E-state index in [0.717, 1.165) is 5.82 Å². The largest absolute Gasteiger partial charge is 0.365 e. The highest BCUT2D eigenvalue weighted by molar-refractivity contribution is 7.92. The van der Waals surface area contributed by atoms with Crippen molar-refractivity contribution in [2.45, 2.75) is 6.04 Å². The molecule has 5 heteroatoms. The lowest BCUT2D eigenvalue weighted by Crippen LogP contribution is -2.46. The smallest absolute Gasteiger partial charge is 0.154 e. The van der Waals surface area contributed by atoms with Gasteiger partial charge in [-0.1, -0.05) is 6.07 Å². The first-order chi connectivity index (χ1) is 6.16. The van der Waals surface area contributed by atoms with E-state index in [-0.39, 0.29) is 17.5 Å². The van der Waals surface area contributed by atoms with Crippen molar-refractivity contribution in [2.24, 2.45) is 0 Å². The van der Waals surface area contributed by atoms with Gasteiger partial charge in [0, 0.05) is 6.20 Å². The van der Waals surface area contributed by atoms with Crippen molar-refractivity contribution in [1.82, 2.24) is 4.98 Å². The second kappa shape index (κ2) is 2.99. The van der Waals surface area contributed by atoms with E-state index in [1.54, 1.807) is 6.20 Å². The van der Waals surface area contributed by atoms with Crippen molar-refractivity contribution < 1.29 is 8.42 Å². The molecule has 70 valence electrons. The predicted molar refractivity (Wildman–Crippen MR) is 50.3 cm³/mol. The minimum absolute atomic E-state index is 0.0416. The lowest BCUT2D eigenvalue weighted by Gasteiger charge is -2.26. The fraction of sp³-hybridized carbons (Fsp3) is 0.375. The SMILES string of the molecule is O=S1(=O)CC(Nc2ccccn2)C1. The first-order valence-electron chi connectivity index (χ1n) is 4.04. The molecule has 13 heavy (non-hydrogen) atoms. The number of rotatable bonds is 2. The molecule has 1 aliphatic rings. The van der Waals surface area contributed by atoms with Crippen LogP contribution < -0.4 is 5.32 Å². The van der Waals surface area contributed by atoms with Crippen LogP contribution in [0.4, 0.5) is 5.82 Å². The van der Waals surface area contributed by atoms with E-state index in [1.165, 1.54) is 0 Å². The minimum Gasteiger partial charge on any atom is -0.365 e. The quantitative estimate of drug-likeness (QED) is 0.742. The third-order valence-corrected chi connectivity index (χ3v) is 3.75. The van der Waals surface area contributed by atoms with Crippen LogP contribution in [0.25, 0.3) is 0 Å². The van der Waals surface area contributed by atoms with Crippen LogP contribution in [0.2, 0.25) is 0 Å². The van der Waals surface area contributed by atoms with E-state index >= 15 is 0 Å². The van der Waals surface area contributed by atoms with E-state index < -0.39 is 9.84 Å². The van der Waals surface area contributed by atoms with Crippen LogP contribution >= 0.6 is 0 Å². The Kier molecular flexibility index (Phi) is 1.95. The monoisotopic (exact) mass is 198 g/mol. The van der Waals surface area contributed by atoms with Crippen LogP contribution in [0.1, 0.15) is 0 Å². The van der Waals surface area contributed by atoms with Gasteiger partial charge in [0.25, 0.3) is 0 Å².